The van der Waals surface area contributed by atoms with Crippen LogP contribution < -0.4 is 4.74 Å². The Balaban J connectivity index is 1.55. The van der Waals surface area contributed by atoms with E-state index in [1.165, 1.54) is 0 Å². The van der Waals surface area contributed by atoms with Gasteiger partial charge in [-0.1, -0.05) is 42.5 Å². The molecular weight excluding hydrogens is 363 g/mol. The molecule has 0 heterocycles. The van der Waals surface area contributed by atoms with Gasteiger partial charge in [-0.25, -0.2) is 9.18 Å². The SMILES string of the molecule is O=C(O)COCC=CC[C@H]1C(F)C[C@@H](O)[C@@H]1COc1ccc2ccccc2c1. The second kappa shape index (κ2) is 9.66. The van der Waals surface area contributed by atoms with Gasteiger partial charge in [-0.3, -0.25) is 0 Å². The van der Waals surface area contributed by atoms with Gasteiger partial charge < -0.3 is 19.7 Å². The Morgan fingerprint density at radius 2 is 1.93 bits per heavy atom. The predicted molar refractivity (Wildman–Crippen MR) is 104 cm³/mol. The summed E-state index contributed by atoms with van der Waals surface area (Å²) in [5.41, 5.74) is 0. The van der Waals surface area contributed by atoms with Crippen LogP contribution in [0.1, 0.15) is 12.8 Å². The van der Waals surface area contributed by atoms with Crippen LogP contribution >= 0.6 is 0 Å². The first-order valence-corrected chi connectivity index (χ1v) is 9.43. The number of carboxylic acid groups (broad SMARTS) is 1. The molecule has 1 saturated carbocycles. The molecule has 150 valence electrons. The Kier molecular flexibility index (Phi) is 7.01. The highest BCUT2D eigenvalue weighted by atomic mass is 19.1. The van der Waals surface area contributed by atoms with Crippen molar-refractivity contribution in [1.29, 1.82) is 0 Å². The second-order valence-corrected chi connectivity index (χ2v) is 7.08. The maximum Gasteiger partial charge on any atom is 0.329 e. The summed E-state index contributed by atoms with van der Waals surface area (Å²) >= 11 is 0. The van der Waals surface area contributed by atoms with Crippen LogP contribution in [0, 0.1) is 11.8 Å². The van der Waals surface area contributed by atoms with Crippen molar-refractivity contribution >= 4 is 16.7 Å². The number of alkyl halides is 1. The summed E-state index contributed by atoms with van der Waals surface area (Å²) in [7, 11) is 0. The molecule has 1 unspecified atom stereocenters. The lowest BCUT2D eigenvalue weighted by Gasteiger charge is -2.22. The third kappa shape index (κ3) is 5.30. The Morgan fingerprint density at radius 3 is 2.71 bits per heavy atom. The Labute approximate surface area is 163 Å². The van der Waals surface area contributed by atoms with Crippen LogP contribution in [0.15, 0.2) is 54.6 Å². The van der Waals surface area contributed by atoms with E-state index >= 15 is 0 Å². The quantitative estimate of drug-likeness (QED) is 0.507. The van der Waals surface area contributed by atoms with Gasteiger partial charge >= 0.3 is 5.97 Å². The lowest BCUT2D eigenvalue weighted by atomic mass is 9.91. The van der Waals surface area contributed by atoms with E-state index in [0.717, 1.165) is 10.8 Å². The maximum atomic E-state index is 14.3. The standard InChI is InChI=1S/C22H25FO5/c23-20-12-21(24)19(18(20)7-3-4-10-27-14-22(25)26)13-28-17-9-8-15-5-1-2-6-16(15)11-17/h1-6,8-9,11,18-21,24H,7,10,12-14H2,(H,25,26)/t18-,19-,20?,21-/m1/s1. The highest BCUT2D eigenvalue weighted by Gasteiger charge is 2.42. The number of aliphatic hydroxyl groups excluding tert-OH is 1. The number of carbonyl (C=O) groups is 1. The topological polar surface area (TPSA) is 76.0 Å². The fourth-order valence-corrected chi connectivity index (χ4v) is 3.68. The van der Waals surface area contributed by atoms with E-state index in [-0.39, 0.29) is 38.1 Å². The molecule has 3 rings (SSSR count). The first kappa shape index (κ1) is 20.3. The van der Waals surface area contributed by atoms with Crippen molar-refractivity contribution in [2.45, 2.75) is 25.1 Å². The van der Waals surface area contributed by atoms with Gasteiger partial charge in [0.15, 0.2) is 0 Å². The molecule has 0 spiro atoms. The summed E-state index contributed by atoms with van der Waals surface area (Å²) in [5.74, 6) is -0.969. The zero-order chi connectivity index (χ0) is 19.9. The van der Waals surface area contributed by atoms with E-state index in [1.807, 2.05) is 42.5 Å². The van der Waals surface area contributed by atoms with Gasteiger partial charge in [-0.15, -0.1) is 0 Å². The number of fused-ring (bicyclic) bond motifs is 1. The van der Waals surface area contributed by atoms with Gasteiger partial charge in [-0.2, -0.15) is 0 Å². The smallest absolute Gasteiger partial charge is 0.329 e. The number of benzene rings is 2. The molecule has 0 saturated heterocycles. The van der Waals surface area contributed by atoms with E-state index in [2.05, 4.69) is 0 Å². The van der Waals surface area contributed by atoms with E-state index in [4.69, 9.17) is 14.6 Å². The summed E-state index contributed by atoms with van der Waals surface area (Å²) in [6, 6.07) is 13.8. The molecule has 4 atom stereocenters. The van der Waals surface area contributed by atoms with Crippen molar-refractivity contribution in [3.05, 3.63) is 54.6 Å². The van der Waals surface area contributed by atoms with Crippen molar-refractivity contribution in [1.82, 2.24) is 0 Å². The Hall–Kier alpha value is -2.44. The summed E-state index contributed by atoms with van der Waals surface area (Å²) in [5, 5.41) is 20.9. The molecule has 28 heavy (non-hydrogen) atoms. The molecular formula is C22H25FO5. The number of ether oxygens (including phenoxy) is 2. The fraction of sp³-hybridized carbons (Fsp3) is 0.409. The number of carboxylic acids is 1. The van der Waals surface area contributed by atoms with Crippen LogP contribution in [0.3, 0.4) is 0 Å². The van der Waals surface area contributed by atoms with Gasteiger partial charge in [-0.05, 0) is 29.3 Å². The Morgan fingerprint density at radius 1 is 1.14 bits per heavy atom. The van der Waals surface area contributed by atoms with Crippen molar-refractivity contribution in [2.24, 2.45) is 11.8 Å². The van der Waals surface area contributed by atoms with Crippen LogP contribution in [0.4, 0.5) is 4.39 Å². The highest BCUT2D eigenvalue weighted by Crippen LogP contribution is 2.37. The summed E-state index contributed by atoms with van der Waals surface area (Å²) < 4.78 is 25.1. The zero-order valence-corrected chi connectivity index (χ0v) is 15.5. The van der Waals surface area contributed by atoms with E-state index in [1.54, 1.807) is 12.2 Å². The lowest BCUT2D eigenvalue weighted by molar-refractivity contribution is -0.141. The van der Waals surface area contributed by atoms with Crippen LogP contribution in [0.25, 0.3) is 10.8 Å². The van der Waals surface area contributed by atoms with Crippen molar-refractivity contribution < 1.29 is 28.9 Å². The summed E-state index contributed by atoms with van der Waals surface area (Å²) in [6.07, 6.45) is 2.18. The molecule has 6 heteroatoms. The minimum absolute atomic E-state index is 0.111. The third-order valence-corrected chi connectivity index (χ3v) is 5.15. The van der Waals surface area contributed by atoms with Crippen LogP contribution in [-0.2, 0) is 9.53 Å². The van der Waals surface area contributed by atoms with E-state index in [9.17, 15) is 14.3 Å². The van der Waals surface area contributed by atoms with Crippen molar-refractivity contribution in [2.75, 3.05) is 19.8 Å². The van der Waals surface area contributed by atoms with Crippen LogP contribution in [0.2, 0.25) is 0 Å². The van der Waals surface area contributed by atoms with E-state index < -0.39 is 18.2 Å². The number of hydrogen-bond donors (Lipinski definition) is 2. The number of rotatable bonds is 9. The second-order valence-electron chi connectivity index (χ2n) is 7.08. The monoisotopic (exact) mass is 388 g/mol. The summed E-state index contributed by atoms with van der Waals surface area (Å²) in [6.45, 7) is 0.0468. The Bertz CT molecular complexity index is 821. The molecule has 1 aliphatic rings. The molecule has 0 radical (unpaired) electrons. The lowest BCUT2D eigenvalue weighted by Crippen LogP contribution is -2.27. The zero-order valence-electron chi connectivity index (χ0n) is 15.5. The van der Waals surface area contributed by atoms with Gasteiger partial charge in [0, 0.05) is 18.3 Å². The molecule has 0 bridgehead atoms. The van der Waals surface area contributed by atoms with Crippen molar-refractivity contribution in [3.8, 4) is 5.75 Å². The number of allylic oxidation sites excluding steroid dienone is 1. The number of halogens is 1. The molecule has 2 N–H and O–H groups in total. The van der Waals surface area contributed by atoms with Gasteiger partial charge in [0.2, 0.25) is 0 Å². The first-order chi connectivity index (χ1) is 13.5. The van der Waals surface area contributed by atoms with E-state index in [0.29, 0.717) is 12.2 Å². The van der Waals surface area contributed by atoms with Crippen LogP contribution in [-0.4, -0.2) is 48.3 Å². The predicted octanol–water partition coefficient (Wildman–Crippen LogP) is 3.60. The minimum atomic E-state index is -1.09. The molecule has 1 fully saturated rings. The van der Waals surface area contributed by atoms with Gasteiger partial charge in [0.1, 0.15) is 18.5 Å². The van der Waals surface area contributed by atoms with Gasteiger partial charge in [0.05, 0.1) is 19.3 Å². The van der Waals surface area contributed by atoms with Crippen molar-refractivity contribution in [3.63, 3.8) is 0 Å². The number of aliphatic carboxylic acids is 1. The number of hydrogen-bond acceptors (Lipinski definition) is 4. The normalized spacial score (nSPS) is 24.8. The third-order valence-electron chi connectivity index (χ3n) is 5.15. The maximum absolute atomic E-state index is 14.3. The molecule has 0 amide bonds. The minimum Gasteiger partial charge on any atom is -0.493 e. The summed E-state index contributed by atoms with van der Waals surface area (Å²) in [4.78, 5) is 10.4. The highest BCUT2D eigenvalue weighted by molar-refractivity contribution is 5.83. The molecule has 2 aromatic rings. The van der Waals surface area contributed by atoms with Crippen LogP contribution in [0.5, 0.6) is 5.75 Å². The fourth-order valence-electron chi connectivity index (χ4n) is 3.68. The molecule has 5 nitrogen and oxygen atoms in total. The molecule has 0 aromatic heterocycles. The van der Waals surface area contributed by atoms with Gasteiger partial charge in [0.25, 0.3) is 0 Å². The average Bonchev–Trinajstić information content (AvgIpc) is 2.95. The number of aliphatic hydroxyl groups is 1. The molecule has 1 aliphatic carbocycles. The molecule has 2 aromatic carbocycles. The first-order valence-electron chi connectivity index (χ1n) is 9.43. The average molecular weight is 388 g/mol. The largest absolute Gasteiger partial charge is 0.493 e. The molecule has 0 aliphatic heterocycles.